The fraction of sp³-hybridized carbons (Fsp3) is 0.579. The van der Waals surface area contributed by atoms with Gasteiger partial charge in [-0.3, -0.25) is 0 Å². The number of fused-ring (bicyclic) bond motifs is 2. The van der Waals surface area contributed by atoms with Crippen molar-refractivity contribution in [2.75, 3.05) is 0 Å². The van der Waals surface area contributed by atoms with Crippen LogP contribution in [0, 0.1) is 0 Å². The first kappa shape index (κ1) is 14.3. The Morgan fingerprint density at radius 2 is 1.55 bits per heavy atom. The molecule has 1 aromatic carbocycles. The lowest BCUT2D eigenvalue weighted by Gasteiger charge is -2.35. The van der Waals surface area contributed by atoms with Crippen molar-refractivity contribution < 1.29 is 0 Å². The SMILES string of the molecule is C=C1CC2CCCC(C1)[S+]2c1ccc(C(C)(C)C)cc1. The minimum atomic E-state index is 0.262. The van der Waals surface area contributed by atoms with E-state index in [1.54, 1.807) is 4.90 Å². The molecule has 0 N–H and O–H groups in total. The van der Waals surface area contributed by atoms with E-state index in [1.165, 1.54) is 43.2 Å². The molecule has 2 aliphatic heterocycles. The zero-order valence-corrected chi connectivity index (χ0v) is 13.9. The summed E-state index contributed by atoms with van der Waals surface area (Å²) in [6.07, 6.45) is 6.83. The van der Waals surface area contributed by atoms with Crippen molar-refractivity contribution in [3.8, 4) is 0 Å². The van der Waals surface area contributed by atoms with Gasteiger partial charge in [0.15, 0.2) is 4.90 Å². The summed E-state index contributed by atoms with van der Waals surface area (Å²) in [5.74, 6) is 0. The summed E-state index contributed by atoms with van der Waals surface area (Å²) < 4.78 is 0. The van der Waals surface area contributed by atoms with Crippen LogP contribution in [0.4, 0.5) is 0 Å². The number of benzene rings is 1. The lowest BCUT2D eigenvalue weighted by atomic mass is 9.87. The molecule has 0 spiro atoms. The van der Waals surface area contributed by atoms with Crippen molar-refractivity contribution in [1.82, 2.24) is 0 Å². The fourth-order valence-electron chi connectivity index (χ4n) is 3.71. The van der Waals surface area contributed by atoms with E-state index in [1.807, 2.05) is 0 Å². The average molecular weight is 287 g/mol. The van der Waals surface area contributed by atoms with Gasteiger partial charge in [0.05, 0.1) is 0 Å². The molecule has 2 saturated heterocycles. The highest BCUT2D eigenvalue weighted by Gasteiger charge is 2.47. The lowest BCUT2D eigenvalue weighted by Crippen LogP contribution is -2.41. The average Bonchev–Trinajstić information content (AvgIpc) is 2.37. The predicted molar refractivity (Wildman–Crippen MR) is 90.6 cm³/mol. The van der Waals surface area contributed by atoms with E-state index in [9.17, 15) is 0 Å². The quantitative estimate of drug-likeness (QED) is 0.490. The molecule has 20 heavy (non-hydrogen) atoms. The molecule has 0 amide bonds. The van der Waals surface area contributed by atoms with E-state index in [0.29, 0.717) is 10.9 Å². The van der Waals surface area contributed by atoms with E-state index in [0.717, 1.165) is 10.5 Å². The molecule has 3 rings (SSSR count). The number of allylic oxidation sites excluding steroid dienone is 1. The van der Waals surface area contributed by atoms with Gasteiger partial charge >= 0.3 is 0 Å². The van der Waals surface area contributed by atoms with Gasteiger partial charge in [-0.05, 0) is 42.4 Å². The number of hydrogen-bond acceptors (Lipinski definition) is 0. The molecule has 0 aliphatic carbocycles. The maximum Gasteiger partial charge on any atom is 0.155 e. The maximum atomic E-state index is 4.28. The third-order valence-corrected chi connectivity index (χ3v) is 7.85. The van der Waals surface area contributed by atoms with Gasteiger partial charge in [-0.2, -0.15) is 0 Å². The first-order valence-electron chi connectivity index (χ1n) is 7.94. The molecule has 1 aromatic rings. The summed E-state index contributed by atoms with van der Waals surface area (Å²) in [5, 5.41) is 1.77. The van der Waals surface area contributed by atoms with Crippen LogP contribution >= 0.6 is 0 Å². The van der Waals surface area contributed by atoms with Gasteiger partial charge in [0.1, 0.15) is 10.5 Å². The predicted octanol–water partition coefficient (Wildman–Crippen LogP) is 5.23. The highest BCUT2D eigenvalue weighted by Crippen LogP contribution is 2.43. The second kappa shape index (κ2) is 5.26. The van der Waals surface area contributed by atoms with E-state index in [-0.39, 0.29) is 5.41 Å². The molecule has 0 radical (unpaired) electrons. The Kier molecular flexibility index (Phi) is 3.75. The summed E-state index contributed by atoms with van der Waals surface area (Å²) in [6.45, 7) is 11.2. The first-order chi connectivity index (χ1) is 9.45. The van der Waals surface area contributed by atoms with Crippen LogP contribution in [0.15, 0.2) is 41.3 Å². The van der Waals surface area contributed by atoms with Gasteiger partial charge in [-0.1, -0.05) is 45.1 Å². The van der Waals surface area contributed by atoms with Gasteiger partial charge < -0.3 is 0 Å². The van der Waals surface area contributed by atoms with Gasteiger partial charge in [-0.25, -0.2) is 0 Å². The van der Waals surface area contributed by atoms with Gasteiger partial charge in [0.2, 0.25) is 0 Å². The molecule has 2 bridgehead atoms. The third kappa shape index (κ3) is 2.70. The maximum absolute atomic E-state index is 4.28. The minimum absolute atomic E-state index is 0.262. The third-order valence-electron chi connectivity index (χ3n) is 4.80. The Morgan fingerprint density at radius 3 is 2.05 bits per heavy atom. The van der Waals surface area contributed by atoms with Crippen LogP contribution in [0.2, 0.25) is 0 Å². The molecule has 2 heterocycles. The van der Waals surface area contributed by atoms with Crippen LogP contribution in [-0.4, -0.2) is 10.5 Å². The molecule has 2 aliphatic rings. The van der Waals surface area contributed by atoms with E-state index < -0.39 is 0 Å². The molecular formula is C19H27S+. The highest BCUT2D eigenvalue weighted by molar-refractivity contribution is 7.98. The van der Waals surface area contributed by atoms with Gasteiger partial charge in [0, 0.05) is 23.7 Å². The first-order valence-corrected chi connectivity index (χ1v) is 9.29. The van der Waals surface area contributed by atoms with Crippen LogP contribution in [0.3, 0.4) is 0 Å². The van der Waals surface area contributed by atoms with Crippen molar-refractivity contribution in [2.45, 2.75) is 73.7 Å². The second-order valence-electron chi connectivity index (χ2n) is 7.48. The summed E-state index contributed by atoms with van der Waals surface area (Å²) >= 11 is 0. The van der Waals surface area contributed by atoms with Crippen LogP contribution < -0.4 is 0 Å². The Hall–Kier alpha value is -0.690. The summed E-state index contributed by atoms with van der Waals surface area (Å²) in [4.78, 5) is 1.61. The van der Waals surface area contributed by atoms with Crippen LogP contribution in [0.1, 0.15) is 58.4 Å². The van der Waals surface area contributed by atoms with Crippen molar-refractivity contribution in [1.29, 1.82) is 0 Å². The van der Waals surface area contributed by atoms with Crippen molar-refractivity contribution in [3.63, 3.8) is 0 Å². The molecule has 108 valence electrons. The monoisotopic (exact) mass is 287 g/mol. The smallest absolute Gasteiger partial charge is 0.0995 e. The van der Waals surface area contributed by atoms with E-state index in [2.05, 4.69) is 51.6 Å². The van der Waals surface area contributed by atoms with E-state index >= 15 is 0 Å². The second-order valence-corrected chi connectivity index (χ2v) is 10.0. The zero-order chi connectivity index (χ0) is 14.3. The summed E-state index contributed by atoms with van der Waals surface area (Å²) in [7, 11) is 0.480. The van der Waals surface area contributed by atoms with Crippen LogP contribution in [-0.2, 0) is 16.3 Å². The molecule has 2 atom stereocenters. The van der Waals surface area contributed by atoms with Crippen LogP contribution in [0.5, 0.6) is 0 Å². The summed E-state index contributed by atoms with van der Waals surface area (Å²) in [6, 6.07) is 9.56. The number of hydrogen-bond donors (Lipinski definition) is 0. The molecule has 2 fully saturated rings. The lowest BCUT2D eigenvalue weighted by molar-refractivity contribution is 0.544. The van der Waals surface area contributed by atoms with Gasteiger partial charge in [0.25, 0.3) is 0 Å². The zero-order valence-electron chi connectivity index (χ0n) is 13.1. The van der Waals surface area contributed by atoms with Gasteiger partial charge in [-0.15, -0.1) is 0 Å². The summed E-state index contributed by atoms with van der Waals surface area (Å²) in [5.41, 5.74) is 3.23. The van der Waals surface area contributed by atoms with Crippen molar-refractivity contribution in [2.24, 2.45) is 0 Å². The van der Waals surface area contributed by atoms with Crippen LogP contribution in [0.25, 0.3) is 0 Å². The fourth-order valence-corrected chi connectivity index (χ4v) is 7.14. The molecule has 0 saturated carbocycles. The Morgan fingerprint density at radius 1 is 1.00 bits per heavy atom. The van der Waals surface area contributed by atoms with Crippen molar-refractivity contribution >= 4 is 10.9 Å². The minimum Gasteiger partial charge on any atom is -0.0995 e. The molecule has 0 nitrogen and oxygen atoms in total. The molecule has 0 aromatic heterocycles. The number of rotatable bonds is 1. The Balaban J connectivity index is 1.87. The normalized spacial score (nSPS) is 30.4. The molecule has 2 unspecified atom stereocenters. The molecule has 1 heteroatoms. The standard InChI is InChI=1S/C19H27S/c1-14-12-17-6-5-7-18(13-14)20(17)16-10-8-15(9-11-16)19(2,3)4/h8-11,17-18H,1,5-7,12-13H2,2-4H3/q+1. The van der Waals surface area contributed by atoms with Crippen molar-refractivity contribution in [3.05, 3.63) is 42.0 Å². The largest absolute Gasteiger partial charge is 0.155 e. The topological polar surface area (TPSA) is 0 Å². The van der Waals surface area contributed by atoms with E-state index in [4.69, 9.17) is 0 Å². The highest BCUT2D eigenvalue weighted by atomic mass is 32.2. The molecular weight excluding hydrogens is 260 g/mol. The Labute approximate surface area is 127 Å². The Bertz CT molecular complexity index is 475.